The summed E-state index contributed by atoms with van der Waals surface area (Å²) in [4.78, 5) is -0.327. The first-order chi connectivity index (χ1) is 9.88. The van der Waals surface area contributed by atoms with E-state index in [1.807, 2.05) is 0 Å². The molecule has 2 rings (SSSR count). The van der Waals surface area contributed by atoms with Crippen molar-refractivity contribution in [2.24, 2.45) is 0 Å². The van der Waals surface area contributed by atoms with Gasteiger partial charge in [0.2, 0.25) is 10.0 Å². The van der Waals surface area contributed by atoms with Gasteiger partial charge < -0.3 is 10.1 Å². The number of alkyl halides is 2. The van der Waals surface area contributed by atoms with Crippen molar-refractivity contribution in [3.8, 4) is 5.75 Å². The maximum Gasteiger partial charge on any atom is 0.387 e. The van der Waals surface area contributed by atoms with Crippen LogP contribution in [-0.2, 0) is 10.0 Å². The zero-order chi connectivity index (χ0) is 15.5. The third-order valence-corrected chi connectivity index (χ3v) is 4.57. The van der Waals surface area contributed by atoms with Crippen LogP contribution in [0.15, 0.2) is 23.1 Å². The van der Waals surface area contributed by atoms with Crippen molar-refractivity contribution in [1.29, 1.82) is 0 Å². The summed E-state index contributed by atoms with van der Waals surface area (Å²) in [5.41, 5.74) is 0. The lowest BCUT2D eigenvalue weighted by atomic mass is 10.1. The second-order valence-corrected chi connectivity index (χ2v) is 6.35. The number of rotatable bonds is 5. The largest absolute Gasteiger partial charge is 0.432 e. The number of piperidine rings is 1. The van der Waals surface area contributed by atoms with Crippen LogP contribution < -0.4 is 14.8 Å². The molecule has 1 heterocycles. The second-order valence-electron chi connectivity index (χ2n) is 4.64. The van der Waals surface area contributed by atoms with Crippen LogP contribution in [0.4, 0.5) is 13.2 Å². The lowest BCUT2D eigenvalue weighted by Gasteiger charge is -2.23. The average Bonchev–Trinajstić information content (AvgIpc) is 2.41. The summed E-state index contributed by atoms with van der Waals surface area (Å²) in [6.07, 6.45) is 1.52. The van der Waals surface area contributed by atoms with Gasteiger partial charge in [0.15, 0.2) is 11.6 Å². The van der Waals surface area contributed by atoms with Gasteiger partial charge >= 0.3 is 6.61 Å². The summed E-state index contributed by atoms with van der Waals surface area (Å²) in [5.74, 6) is -1.84. The highest BCUT2D eigenvalue weighted by molar-refractivity contribution is 7.89. The van der Waals surface area contributed by atoms with Crippen LogP contribution >= 0.6 is 0 Å². The minimum Gasteiger partial charge on any atom is -0.432 e. The van der Waals surface area contributed by atoms with Crippen LogP contribution in [0.25, 0.3) is 0 Å². The fourth-order valence-electron chi connectivity index (χ4n) is 2.08. The Kier molecular flexibility index (Phi) is 5.07. The molecule has 0 radical (unpaired) electrons. The molecule has 21 heavy (non-hydrogen) atoms. The Morgan fingerprint density at radius 1 is 1.38 bits per heavy atom. The highest BCUT2D eigenvalue weighted by atomic mass is 32.2. The van der Waals surface area contributed by atoms with E-state index in [4.69, 9.17) is 0 Å². The van der Waals surface area contributed by atoms with E-state index in [2.05, 4.69) is 14.8 Å². The van der Waals surface area contributed by atoms with E-state index in [0.29, 0.717) is 19.0 Å². The highest BCUT2D eigenvalue weighted by Gasteiger charge is 2.23. The molecule has 2 N–H and O–H groups in total. The van der Waals surface area contributed by atoms with Crippen LogP contribution in [0.5, 0.6) is 5.75 Å². The first-order valence-electron chi connectivity index (χ1n) is 6.36. The van der Waals surface area contributed by atoms with Gasteiger partial charge in [-0.1, -0.05) is 0 Å². The molecule has 0 bridgehead atoms. The van der Waals surface area contributed by atoms with Gasteiger partial charge in [-0.15, -0.1) is 0 Å². The molecule has 1 aliphatic rings. The Labute approximate surface area is 120 Å². The SMILES string of the molecule is O=S(=O)(N[C@H]1CCCNC1)c1ccc(OC(F)F)c(F)c1. The Morgan fingerprint density at radius 3 is 2.71 bits per heavy atom. The van der Waals surface area contributed by atoms with Crippen molar-refractivity contribution in [2.45, 2.75) is 30.4 Å². The molecule has 0 unspecified atom stereocenters. The molecule has 9 heteroatoms. The molecule has 0 saturated carbocycles. The second kappa shape index (κ2) is 6.63. The van der Waals surface area contributed by atoms with E-state index in [1.165, 1.54) is 0 Å². The van der Waals surface area contributed by atoms with Gasteiger partial charge in [0, 0.05) is 12.6 Å². The molecule has 0 aliphatic carbocycles. The predicted molar refractivity (Wildman–Crippen MR) is 69.2 cm³/mol. The number of hydrogen-bond acceptors (Lipinski definition) is 4. The summed E-state index contributed by atoms with van der Waals surface area (Å²) in [6, 6.07) is 2.29. The van der Waals surface area contributed by atoms with Crippen LogP contribution in [0.3, 0.4) is 0 Å². The minimum absolute atomic E-state index is 0.274. The van der Waals surface area contributed by atoms with E-state index >= 15 is 0 Å². The van der Waals surface area contributed by atoms with Gasteiger partial charge in [-0.3, -0.25) is 0 Å². The van der Waals surface area contributed by atoms with Crippen molar-refractivity contribution in [3.05, 3.63) is 24.0 Å². The zero-order valence-electron chi connectivity index (χ0n) is 11.0. The Balaban J connectivity index is 2.14. The molecule has 5 nitrogen and oxygen atoms in total. The quantitative estimate of drug-likeness (QED) is 0.860. The summed E-state index contributed by atoms with van der Waals surface area (Å²) in [7, 11) is -3.90. The highest BCUT2D eigenvalue weighted by Crippen LogP contribution is 2.23. The predicted octanol–water partition coefficient (Wildman–Crippen LogP) is 1.46. The summed E-state index contributed by atoms with van der Waals surface area (Å²) >= 11 is 0. The standard InChI is InChI=1S/C12H15F3N2O3S/c13-10-6-9(3-4-11(10)20-12(14)15)21(18,19)17-8-2-1-5-16-7-8/h3-4,6,8,12,16-17H,1-2,5,7H2/t8-/m0/s1. The molecule has 1 aromatic carbocycles. The molecular weight excluding hydrogens is 309 g/mol. The first kappa shape index (κ1) is 16.1. The number of nitrogens with one attached hydrogen (secondary N) is 2. The molecular formula is C12H15F3N2O3S. The van der Waals surface area contributed by atoms with Crippen molar-refractivity contribution < 1.29 is 26.3 Å². The molecule has 1 aliphatic heterocycles. The molecule has 0 amide bonds. The van der Waals surface area contributed by atoms with Crippen LogP contribution in [0, 0.1) is 5.82 Å². The van der Waals surface area contributed by atoms with E-state index in [1.54, 1.807) is 0 Å². The Hall–Kier alpha value is -1.32. The van der Waals surface area contributed by atoms with Crippen LogP contribution in [0.1, 0.15) is 12.8 Å². The monoisotopic (exact) mass is 324 g/mol. The Bertz CT molecular complexity index is 589. The lowest BCUT2D eigenvalue weighted by molar-refractivity contribution is -0.0522. The van der Waals surface area contributed by atoms with Gasteiger partial charge in [-0.05, 0) is 37.6 Å². The molecule has 118 valence electrons. The number of hydrogen-bond donors (Lipinski definition) is 2. The van der Waals surface area contributed by atoms with Gasteiger partial charge in [0.25, 0.3) is 0 Å². The van der Waals surface area contributed by atoms with Crippen molar-refractivity contribution >= 4 is 10.0 Å². The maximum atomic E-state index is 13.6. The topological polar surface area (TPSA) is 67.4 Å². The minimum atomic E-state index is -3.90. The van der Waals surface area contributed by atoms with Crippen LogP contribution in [-0.4, -0.2) is 34.2 Å². The van der Waals surface area contributed by atoms with Crippen molar-refractivity contribution in [3.63, 3.8) is 0 Å². The summed E-state index contributed by atoms with van der Waals surface area (Å²) in [5, 5.41) is 3.05. The van der Waals surface area contributed by atoms with Gasteiger partial charge in [-0.2, -0.15) is 8.78 Å². The summed E-state index contributed by atoms with van der Waals surface area (Å²) in [6.45, 7) is -1.85. The zero-order valence-corrected chi connectivity index (χ0v) is 11.8. The van der Waals surface area contributed by atoms with Crippen LogP contribution in [0.2, 0.25) is 0 Å². The van der Waals surface area contributed by atoms with Gasteiger partial charge in [-0.25, -0.2) is 17.5 Å². The molecule has 1 saturated heterocycles. The van der Waals surface area contributed by atoms with Gasteiger partial charge in [0.05, 0.1) is 4.90 Å². The fraction of sp³-hybridized carbons (Fsp3) is 0.500. The van der Waals surface area contributed by atoms with Gasteiger partial charge in [0.1, 0.15) is 0 Å². The van der Waals surface area contributed by atoms with Crippen molar-refractivity contribution in [2.75, 3.05) is 13.1 Å². The maximum absolute atomic E-state index is 13.6. The number of benzene rings is 1. The Morgan fingerprint density at radius 2 is 2.14 bits per heavy atom. The third kappa shape index (κ3) is 4.32. The molecule has 1 fully saturated rings. The number of sulfonamides is 1. The smallest absolute Gasteiger partial charge is 0.387 e. The molecule has 1 aromatic rings. The van der Waals surface area contributed by atoms with Crippen molar-refractivity contribution in [1.82, 2.24) is 10.0 Å². The number of ether oxygens (including phenoxy) is 1. The molecule has 0 spiro atoms. The normalized spacial score (nSPS) is 19.7. The van der Waals surface area contributed by atoms with E-state index in [-0.39, 0.29) is 10.9 Å². The lowest BCUT2D eigenvalue weighted by Crippen LogP contribution is -2.45. The molecule has 0 aromatic heterocycles. The number of halogens is 3. The average molecular weight is 324 g/mol. The first-order valence-corrected chi connectivity index (χ1v) is 7.84. The van der Waals surface area contributed by atoms with E-state index in [0.717, 1.165) is 25.1 Å². The summed E-state index contributed by atoms with van der Waals surface area (Å²) < 4.78 is 68.2. The third-order valence-electron chi connectivity index (χ3n) is 3.05. The van der Waals surface area contributed by atoms with E-state index < -0.39 is 28.2 Å². The fourth-order valence-corrected chi connectivity index (χ4v) is 3.36. The van der Waals surface area contributed by atoms with E-state index in [9.17, 15) is 21.6 Å². The molecule has 1 atom stereocenters.